The van der Waals surface area contributed by atoms with E-state index in [-0.39, 0.29) is 35.3 Å². The zero-order valence-corrected chi connectivity index (χ0v) is 21.9. The number of nitrogens with one attached hydrogen (secondary N) is 1. The van der Waals surface area contributed by atoms with Gasteiger partial charge in [0, 0.05) is 24.9 Å². The second-order valence-corrected chi connectivity index (χ2v) is 9.76. The lowest BCUT2D eigenvalue weighted by Gasteiger charge is -2.52. The highest BCUT2D eigenvalue weighted by molar-refractivity contribution is 5.91. The minimum Gasteiger partial charge on any atom is -0.504 e. The lowest BCUT2D eigenvalue weighted by Crippen LogP contribution is -2.57. The molecule has 1 saturated heterocycles. The number of hydrogen-bond acceptors (Lipinski definition) is 6. The van der Waals surface area contributed by atoms with Crippen LogP contribution in [0.4, 0.5) is 0 Å². The Bertz CT molecular complexity index is 1260. The topological polar surface area (TPSA) is 100 Å². The fourth-order valence-electron chi connectivity index (χ4n) is 5.68. The summed E-state index contributed by atoms with van der Waals surface area (Å²) in [6.07, 6.45) is 1.52. The maximum Gasteiger partial charge on any atom is 0.244 e. The van der Waals surface area contributed by atoms with Crippen LogP contribution in [0.5, 0.6) is 11.5 Å². The fraction of sp³-hybridized carbons (Fsp3) is 0.323. The summed E-state index contributed by atoms with van der Waals surface area (Å²) in [5.74, 6) is -1.24. The Labute approximate surface area is 228 Å². The van der Waals surface area contributed by atoms with Crippen LogP contribution in [0.1, 0.15) is 35.4 Å². The van der Waals surface area contributed by atoms with Gasteiger partial charge in [-0.3, -0.25) is 9.59 Å². The molecule has 0 aromatic heterocycles. The zero-order valence-electron chi connectivity index (χ0n) is 21.9. The van der Waals surface area contributed by atoms with Gasteiger partial charge in [-0.25, -0.2) is 5.43 Å². The average Bonchev–Trinajstić information content (AvgIpc) is 2.96. The van der Waals surface area contributed by atoms with Gasteiger partial charge in [0.2, 0.25) is 11.8 Å². The van der Waals surface area contributed by atoms with E-state index in [9.17, 15) is 14.7 Å². The van der Waals surface area contributed by atoms with Gasteiger partial charge in [0.25, 0.3) is 0 Å². The molecule has 2 aliphatic rings. The molecule has 2 amide bonds. The molecule has 3 aromatic rings. The summed E-state index contributed by atoms with van der Waals surface area (Å²) in [5.41, 5.74) is 5.31. The first-order valence-corrected chi connectivity index (χ1v) is 13.3. The molecule has 3 aromatic carbocycles. The summed E-state index contributed by atoms with van der Waals surface area (Å²) in [7, 11) is 0. The molecule has 0 spiro atoms. The van der Waals surface area contributed by atoms with Crippen LogP contribution in [0, 0.1) is 11.8 Å². The predicted octanol–water partition coefficient (Wildman–Crippen LogP) is 3.91. The number of aromatic hydroxyl groups is 1. The van der Waals surface area contributed by atoms with Gasteiger partial charge < -0.3 is 19.5 Å². The van der Waals surface area contributed by atoms with Crippen LogP contribution in [0.25, 0.3) is 0 Å². The number of nitrogens with zero attached hydrogens (tertiary/aromatic N) is 2. The normalized spacial score (nSPS) is 22.7. The van der Waals surface area contributed by atoms with Gasteiger partial charge in [-0.1, -0.05) is 60.7 Å². The Morgan fingerprint density at radius 1 is 0.974 bits per heavy atom. The molecule has 0 unspecified atom stereocenters. The first-order chi connectivity index (χ1) is 19.1. The fourth-order valence-corrected chi connectivity index (χ4v) is 5.68. The SMILES string of the molecule is CCOc1cc(/C=N\NC(=O)C2[C@@H](c3ccccc3)C(C(=O)N3CCOCC3)[C@@H]2c2ccccc2)ccc1O. The number of phenolic OH excluding ortho intramolecular Hbond substituents is 1. The van der Waals surface area contributed by atoms with E-state index in [0.717, 1.165) is 11.1 Å². The van der Waals surface area contributed by atoms with Crippen molar-refractivity contribution in [1.29, 1.82) is 0 Å². The molecule has 2 atom stereocenters. The van der Waals surface area contributed by atoms with Gasteiger partial charge >= 0.3 is 0 Å². The quantitative estimate of drug-likeness (QED) is 0.342. The van der Waals surface area contributed by atoms with Crippen molar-refractivity contribution in [3.63, 3.8) is 0 Å². The molecule has 1 saturated carbocycles. The van der Waals surface area contributed by atoms with Gasteiger partial charge in [0.05, 0.1) is 37.9 Å². The third-order valence-electron chi connectivity index (χ3n) is 7.50. The Morgan fingerprint density at radius 2 is 1.59 bits per heavy atom. The Kier molecular flexibility index (Phi) is 8.22. The Balaban J connectivity index is 1.43. The molecule has 0 radical (unpaired) electrons. The summed E-state index contributed by atoms with van der Waals surface area (Å²) in [6.45, 7) is 4.39. The van der Waals surface area contributed by atoms with Crippen LogP contribution >= 0.6 is 0 Å². The number of ether oxygens (including phenoxy) is 2. The molecule has 8 heteroatoms. The highest BCUT2D eigenvalue weighted by Crippen LogP contribution is 2.58. The predicted molar refractivity (Wildman–Crippen MR) is 148 cm³/mol. The van der Waals surface area contributed by atoms with E-state index < -0.39 is 5.92 Å². The van der Waals surface area contributed by atoms with Crippen molar-refractivity contribution in [2.45, 2.75) is 18.8 Å². The van der Waals surface area contributed by atoms with E-state index in [2.05, 4.69) is 10.5 Å². The lowest BCUT2D eigenvalue weighted by atomic mass is 9.51. The lowest BCUT2D eigenvalue weighted by molar-refractivity contribution is -0.151. The van der Waals surface area contributed by atoms with Crippen LogP contribution < -0.4 is 10.2 Å². The van der Waals surface area contributed by atoms with Crippen LogP contribution in [-0.2, 0) is 14.3 Å². The number of amides is 2. The Morgan fingerprint density at radius 3 is 2.18 bits per heavy atom. The maximum atomic E-state index is 13.9. The van der Waals surface area contributed by atoms with Crippen molar-refractivity contribution in [2.24, 2.45) is 16.9 Å². The molecule has 202 valence electrons. The number of morpholine rings is 1. The second-order valence-electron chi connectivity index (χ2n) is 9.76. The number of carbonyl (C=O) groups excluding carboxylic acids is 2. The van der Waals surface area contributed by atoms with E-state index in [1.165, 1.54) is 12.3 Å². The van der Waals surface area contributed by atoms with Gasteiger partial charge in [0.15, 0.2) is 11.5 Å². The standard InChI is InChI=1S/C31H33N3O5/c1-2-39-25-19-21(13-14-24(25)35)20-32-33-30(36)28-26(22-9-5-3-6-10-22)29(27(28)23-11-7-4-8-12-23)31(37)34-15-17-38-18-16-34/h3-14,19-20,26-29,35H,2,15-18H2,1H3,(H,33,36)/b32-20-/t26-,27-,28?,29?/m1/s1. The van der Waals surface area contributed by atoms with Gasteiger partial charge in [-0.2, -0.15) is 5.10 Å². The van der Waals surface area contributed by atoms with E-state index in [1.54, 1.807) is 12.1 Å². The maximum absolute atomic E-state index is 13.9. The minimum absolute atomic E-state index is 0.0416. The van der Waals surface area contributed by atoms with Crippen molar-refractivity contribution in [1.82, 2.24) is 10.3 Å². The number of hydrazone groups is 1. The van der Waals surface area contributed by atoms with E-state index >= 15 is 0 Å². The van der Waals surface area contributed by atoms with Gasteiger partial charge in [-0.15, -0.1) is 0 Å². The largest absolute Gasteiger partial charge is 0.504 e. The Hall–Kier alpha value is -4.17. The van der Waals surface area contributed by atoms with E-state index in [4.69, 9.17) is 9.47 Å². The summed E-state index contributed by atoms with van der Waals surface area (Å²) in [6, 6.07) is 24.4. The molecule has 2 fully saturated rings. The molecule has 1 aliphatic heterocycles. The molecular formula is C31H33N3O5. The smallest absolute Gasteiger partial charge is 0.244 e. The van der Waals surface area contributed by atoms with Crippen LogP contribution in [0.15, 0.2) is 84.0 Å². The van der Waals surface area contributed by atoms with Crippen molar-refractivity contribution < 1.29 is 24.2 Å². The van der Waals surface area contributed by atoms with Gasteiger partial charge in [-0.05, 0) is 41.8 Å². The first-order valence-electron chi connectivity index (χ1n) is 13.3. The van der Waals surface area contributed by atoms with Crippen LogP contribution in [-0.4, -0.2) is 60.9 Å². The van der Waals surface area contributed by atoms with Crippen LogP contribution in [0.2, 0.25) is 0 Å². The van der Waals surface area contributed by atoms with Crippen molar-refractivity contribution in [3.05, 3.63) is 95.6 Å². The summed E-state index contributed by atoms with van der Waals surface area (Å²) in [4.78, 5) is 29.5. The third kappa shape index (κ3) is 5.66. The number of hydrogen-bond donors (Lipinski definition) is 2. The molecular weight excluding hydrogens is 494 g/mol. The average molecular weight is 528 g/mol. The third-order valence-corrected chi connectivity index (χ3v) is 7.50. The number of phenols is 1. The van der Waals surface area contributed by atoms with E-state index in [0.29, 0.717) is 44.2 Å². The second kappa shape index (κ2) is 12.1. The highest BCUT2D eigenvalue weighted by atomic mass is 16.5. The zero-order chi connectivity index (χ0) is 27.2. The molecule has 1 heterocycles. The monoisotopic (exact) mass is 527 g/mol. The number of benzene rings is 3. The van der Waals surface area contributed by atoms with Crippen molar-refractivity contribution >= 4 is 18.0 Å². The van der Waals surface area contributed by atoms with Crippen molar-refractivity contribution in [3.8, 4) is 11.5 Å². The first kappa shape index (κ1) is 26.4. The van der Waals surface area contributed by atoms with E-state index in [1.807, 2.05) is 72.5 Å². The van der Waals surface area contributed by atoms with Gasteiger partial charge in [0.1, 0.15) is 0 Å². The highest BCUT2D eigenvalue weighted by Gasteiger charge is 2.58. The minimum atomic E-state index is -0.485. The molecule has 8 nitrogen and oxygen atoms in total. The van der Waals surface area contributed by atoms with Crippen LogP contribution in [0.3, 0.4) is 0 Å². The van der Waals surface area contributed by atoms with Crippen molar-refractivity contribution in [2.75, 3.05) is 32.9 Å². The molecule has 1 aliphatic carbocycles. The summed E-state index contributed by atoms with van der Waals surface area (Å²) < 4.78 is 10.9. The summed E-state index contributed by atoms with van der Waals surface area (Å²) in [5, 5.41) is 14.2. The summed E-state index contributed by atoms with van der Waals surface area (Å²) >= 11 is 0. The number of carbonyl (C=O) groups is 2. The molecule has 5 rings (SSSR count). The molecule has 2 N–H and O–H groups in total. The molecule has 0 bridgehead atoms. The number of rotatable bonds is 8. The molecule has 39 heavy (non-hydrogen) atoms.